The van der Waals surface area contributed by atoms with E-state index in [2.05, 4.69) is 5.32 Å². The molecule has 27 heavy (non-hydrogen) atoms. The normalized spacial score (nSPS) is 11.6. The Kier molecular flexibility index (Phi) is 5.11. The molecule has 0 radical (unpaired) electrons. The van der Waals surface area contributed by atoms with Crippen LogP contribution >= 0.6 is 11.6 Å². The molecule has 1 N–H and O–H groups in total. The first kappa shape index (κ1) is 19.2. The molecule has 0 unspecified atom stereocenters. The number of halogens is 1. The summed E-state index contributed by atoms with van der Waals surface area (Å²) in [6.07, 6.45) is 1.66. The SMILES string of the molecule is Cc1ccc2c(c1)c(=O)c(C(=O)NCc1ccc(Cl)cc1)cn2C(C)(C)C. The number of amides is 1. The number of nitrogens with one attached hydrogen (secondary N) is 1. The Balaban J connectivity index is 2.02. The maximum atomic E-state index is 13.0. The van der Waals surface area contributed by atoms with Crippen molar-refractivity contribution >= 4 is 28.4 Å². The molecule has 4 nitrogen and oxygen atoms in total. The number of aryl methyl sites for hydroxylation is 1. The van der Waals surface area contributed by atoms with Gasteiger partial charge in [0.05, 0.1) is 5.52 Å². The molecule has 1 aromatic heterocycles. The van der Waals surface area contributed by atoms with Gasteiger partial charge in [-0.1, -0.05) is 35.4 Å². The highest BCUT2D eigenvalue weighted by atomic mass is 35.5. The van der Waals surface area contributed by atoms with E-state index in [4.69, 9.17) is 11.6 Å². The highest BCUT2D eigenvalue weighted by molar-refractivity contribution is 6.30. The van der Waals surface area contributed by atoms with Gasteiger partial charge in [-0.15, -0.1) is 0 Å². The van der Waals surface area contributed by atoms with Crippen LogP contribution in [-0.2, 0) is 12.1 Å². The Bertz CT molecular complexity index is 1060. The molecule has 5 heteroatoms. The zero-order chi connectivity index (χ0) is 19.8. The first-order valence-corrected chi connectivity index (χ1v) is 9.24. The number of benzene rings is 2. The quantitative estimate of drug-likeness (QED) is 0.716. The van der Waals surface area contributed by atoms with Crippen LogP contribution in [0.15, 0.2) is 53.5 Å². The average molecular weight is 383 g/mol. The smallest absolute Gasteiger partial charge is 0.257 e. The summed E-state index contributed by atoms with van der Waals surface area (Å²) in [5.74, 6) is -0.378. The predicted molar refractivity (Wildman–Crippen MR) is 111 cm³/mol. The van der Waals surface area contributed by atoms with E-state index >= 15 is 0 Å². The van der Waals surface area contributed by atoms with E-state index in [0.717, 1.165) is 16.6 Å². The van der Waals surface area contributed by atoms with Crippen molar-refractivity contribution in [2.24, 2.45) is 0 Å². The number of hydrogen-bond donors (Lipinski definition) is 1. The predicted octanol–water partition coefficient (Wildman–Crippen LogP) is 4.65. The van der Waals surface area contributed by atoms with Crippen molar-refractivity contribution in [2.75, 3.05) is 0 Å². The number of fused-ring (bicyclic) bond motifs is 1. The molecule has 0 saturated heterocycles. The Morgan fingerprint density at radius 1 is 1.11 bits per heavy atom. The van der Waals surface area contributed by atoms with Crippen LogP contribution in [0.25, 0.3) is 10.9 Å². The molecule has 2 aromatic carbocycles. The molecule has 140 valence electrons. The first-order valence-electron chi connectivity index (χ1n) is 8.86. The minimum atomic E-state index is -0.378. The summed E-state index contributed by atoms with van der Waals surface area (Å²) in [5.41, 5.74) is 2.36. The minimum absolute atomic E-state index is 0.150. The fourth-order valence-electron chi connectivity index (χ4n) is 3.04. The number of hydrogen-bond acceptors (Lipinski definition) is 2. The van der Waals surface area contributed by atoms with Crippen LogP contribution < -0.4 is 10.7 Å². The number of carbonyl (C=O) groups is 1. The third-order valence-corrected chi connectivity index (χ3v) is 4.74. The van der Waals surface area contributed by atoms with Crippen molar-refractivity contribution in [3.63, 3.8) is 0 Å². The maximum absolute atomic E-state index is 13.0. The molecule has 0 aliphatic carbocycles. The molecule has 0 spiro atoms. The standard InChI is InChI=1S/C22H23ClN2O2/c1-14-5-10-19-17(11-14)20(26)18(13-25(19)22(2,3)4)21(27)24-12-15-6-8-16(23)9-7-15/h5-11,13H,12H2,1-4H3,(H,24,27). The molecule has 0 saturated carbocycles. The van der Waals surface area contributed by atoms with Crippen molar-refractivity contribution in [1.29, 1.82) is 0 Å². The summed E-state index contributed by atoms with van der Waals surface area (Å²) in [4.78, 5) is 25.7. The monoisotopic (exact) mass is 382 g/mol. The molecular formula is C22H23ClN2O2. The highest BCUT2D eigenvalue weighted by Gasteiger charge is 2.21. The molecule has 0 aliphatic rings. The molecule has 1 amide bonds. The molecule has 0 fully saturated rings. The summed E-state index contributed by atoms with van der Waals surface area (Å²) in [6.45, 7) is 8.41. The Morgan fingerprint density at radius 3 is 2.41 bits per heavy atom. The molecule has 3 aromatic rings. The number of carbonyl (C=O) groups excluding carboxylic acids is 1. The third kappa shape index (κ3) is 4.06. The summed E-state index contributed by atoms with van der Waals surface area (Å²) in [7, 11) is 0. The van der Waals surface area contributed by atoms with Gasteiger partial charge in [-0.25, -0.2) is 0 Å². The lowest BCUT2D eigenvalue weighted by Crippen LogP contribution is -2.32. The fraction of sp³-hybridized carbons (Fsp3) is 0.273. The largest absolute Gasteiger partial charge is 0.348 e. The molecule has 0 bridgehead atoms. The second kappa shape index (κ2) is 7.20. The zero-order valence-electron chi connectivity index (χ0n) is 16.0. The van der Waals surface area contributed by atoms with E-state index in [0.29, 0.717) is 17.0 Å². The Hall–Kier alpha value is -2.59. The first-order chi connectivity index (χ1) is 12.7. The average Bonchev–Trinajstić information content (AvgIpc) is 2.60. The molecule has 0 atom stereocenters. The summed E-state index contributed by atoms with van der Waals surface area (Å²) >= 11 is 5.89. The summed E-state index contributed by atoms with van der Waals surface area (Å²) < 4.78 is 1.99. The molecular weight excluding hydrogens is 360 g/mol. The van der Waals surface area contributed by atoms with Gasteiger partial charge in [-0.3, -0.25) is 9.59 Å². The number of pyridine rings is 1. The minimum Gasteiger partial charge on any atom is -0.348 e. The van der Waals surface area contributed by atoms with Crippen molar-refractivity contribution in [3.05, 3.63) is 80.6 Å². The number of rotatable bonds is 3. The lowest BCUT2D eigenvalue weighted by atomic mass is 10.0. The van der Waals surface area contributed by atoms with Gasteiger partial charge < -0.3 is 9.88 Å². The van der Waals surface area contributed by atoms with Gasteiger partial charge >= 0.3 is 0 Å². The topological polar surface area (TPSA) is 51.1 Å². The van der Waals surface area contributed by atoms with Crippen LogP contribution in [0.1, 0.15) is 42.3 Å². The van der Waals surface area contributed by atoms with Gasteiger partial charge in [-0.2, -0.15) is 0 Å². The third-order valence-electron chi connectivity index (χ3n) is 4.49. The van der Waals surface area contributed by atoms with Gasteiger partial charge in [-0.05, 0) is 57.5 Å². The highest BCUT2D eigenvalue weighted by Crippen LogP contribution is 2.22. The van der Waals surface area contributed by atoms with E-state index in [9.17, 15) is 9.59 Å². The lowest BCUT2D eigenvalue weighted by molar-refractivity contribution is 0.0949. The lowest BCUT2D eigenvalue weighted by Gasteiger charge is -2.26. The zero-order valence-corrected chi connectivity index (χ0v) is 16.7. The van der Waals surface area contributed by atoms with E-state index in [1.165, 1.54) is 0 Å². The van der Waals surface area contributed by atoms with Crippen LogP contribution in [0.5, 0.6) is 0 Å². The van der Waals surface area contributed by atoms with Crippen molar-refractivity contribution in [2.45, 2.75) is 39.8 Å². The Labute approximate surface area is 163 Å². The van der Waals surface area contributed by atoms with Crippen LogP contribution in [0.3, 0.4) is 0 Å². The van der Waals surface area contributed by atoms with Crippen molar-refractivity contribution in [1.82, 2.24) is 9.88 Å². The van der Waals surface area contributed by atoms with Crippen molar-refractivity contribution < 1.29 is 4.79 Å². The van der Waals surface area contributed by atoms with Gasteiger partial charge in [0.2, 0.25) is 5.43 Å². The van der Waals surface area contributed by atoms with E-state index in [1.54, 1.807) is 18.3 Å². The van der Waals surface area contributed by atoms with E-state index < -0.39 is 0 Å². The second-order valence-electron chi connectivity index (χ2n) is 7.74. The maximum Gasteiger partial charge on any atom is 0.257 e. The second-order valence-corrected chi connectivity index (χ2v) is 8.18. The van der Waals surface area contributed by atoms with Crippen LogP contribution in [0.2, 0.25) is 5.02 Å². The number of aromatic nitrogens is 1. The summed E-state index contributed by atoms with van der Waals surface area (Å²) in [5, 5.41) is 4.04. The van der Waals surface area contributed by atoms with E-state index in [1.807, 2.05) is 62.6 Å². The molecule has 0 aliphatic heterocycles. The van der Waals surface area contributed by atoms with Crippen LogP contribution in [0, 0.1) is 6.92 Å². The molecule has 3 rings (SSSR count). The Morgan fingerprint density at radius 2 is 1.78 bits per heavy atom. The fourth-order valence-corrected chi connectivity index (χ4v) is 3.17. The number of nitrogens with zero attached hydrogens (tertiary/aromatic N) is 1. The van der Waals surface area contributed by atoms with Crippen molar-refractivity contribution in [3.8, 4) is 0 Å². The van der Waals surface area contributed by atoms with Crippen LogP contribution in [0.4, 0.5) is 0 Å². The van der Waals surface area contributed by atoms with Gasteiger partial charge in [0.25, 0.3) is 5.91 Å². The van der Waals surface area contributed by atoms with Gasteiger partial charge in [0.15, 0.2) is 0 Å². The van der Waals surface area contributed by atoms with Gasteiger partial charge in [0.1, 0.15) is 5.56 Å². The van der Waals surface area contributed by atoms with Gasteiger partial charge in [0, 0.05) is 28.7 Å². The molecule has 1 heterocycles. The van der Waals surface area contributed by atoms with Crippen LogP contribution in [-0.4, -0.2) is 10.5 Å². The summed E-state index contributed by atoms with van der Waals surface area (Å²) in [6, 6.07) is 13.0. The van der Waals surface area contributed by atoms with E-state index in [-0.39, 0.29) is 22.4 Å².